The summed E-state index contributed by atoms with van der Waals surface area (Å²) in [5.74, 6) is -0.735. The number of benzene rings is 2. The number of hydrogen-bond acceptors (Lipinski definition) is 3. The lowest BCUT2D eigenvalue weighted by Gasteiger charge is -2.08. The highest BCUT2D eigenvalue weighted by atomic mass is 19.1. The Morgan fingerprint density at radius 2 is 1.50 bits per heavy atom. The number of imidazole rings is 1. The van der Waals surface area contributed by atoms with Gasteiger partial charge in [0.15, 0.2) is 0 Å². The first-order valence-electron chi connectivity index (χ1n) is 9.95. The largest absolute Gasteiger partial charge is 0.354 e. The fourth-order valence-corrected chi connectivity index (χ4v) is 3.35. The molecule has 2 amide bonds. The highest BCUT2D eigenvalue weighted by Crippen LogP contribution is 2.13. The number of hydrogen-bond donors (Lipinski definition) is 2. The van der Waals surface area contributed by atoms with Crippen LogP contribution in [0.3, 0.4) is 0 Å². The molecule has 0 saturated heterocycles. The smallest absolute Gasteiger partial charge is 0.329 e. The van der Waals surface area contributed by atoms with Crippen LogP contribution < -0.4 is 16.3 Å². The second-order valence-corrected chi connectivity index (χ2v) is 6.92. The maximum absolute atomic E-state index is 12.9. The standard InChI is InChI=1S/C22H25FN4O3/c1-2-26-18-5-3-4-6-19(18)27(22(26)30)14-11-20(28)24-12-13-25-21(29)15-16-7-9-17(23)10-8-16/h3-10H,2,11-15H2,1H3,(H,24,28)(H,25,29). The Bertz CT molecular complexity index is 1090. The fraction of sp³-hybridized carbons (Fsp3) is 0.318. The molecule has 158 valence electrons. The van der Waals surface area contributed by atoms with Crippen molar-refractivity contribution in [2.24, 2.45) is 0 Å². The van der Waals surface area contributed by atoms with Crippen molar-refractivity contribution in [1.82, 2.24) is 19.8 Å². The van der Waals surface area contributed by atoms with Gasteiger partial charge in [-0.3, -0.25) is 18.7 Å². The summed E-state index contributed by atoms with van der Waals surface area (Å²) in [6.07, 6.45) is 0.319. The Labute approximate surface area is 173 Å². The average Bonchev–Trinajstić information content (AvgIpc) is 3.02. The Hall–Kier alpha value is -3.42. The van der Waals surface area contributed by atoms with E-state index in [-0.39, 0.29) is 42.7 Å². The molecule has 3 rings (SSSR count). The molecule has 0 fully saturated rings. The highest BCUT2D eigenvalue weighted by molar-refractivity contribution is 5.79. The molecule has 0 bridgehead atoms. The Morgan fingerprint density at radius 1 is 0.900 bits per heavy atom. The van der Waals surface area contributed by atoms with E-state index in [2.05, 4.69) is 10.6 Å². The number of carbonyl (C=O) groups excluding carboxylic acids is 2. The zero-order valence-electron chi connectivity index (χ0n) is 16.9. The molecular formula is C22H25FN4O3. The van der Waals surface area contributed by atoms with E-state index < -0.39 is 0 Å². The topological polar surface area (TPSA) is 85.1 Å². The molecule has 0 aliphatic rings. The predicted octanol–water partition coefficient (Wildman–Crippen LogP) is 1.83. The molecule has 3 aromatic rings. The van der Waals surface area contributed by atoms with Crippen molar-refractivity contribution in [3.05, 3.63) is 70.4 Å². The summed E-state index contributed by atoms with van der Waals surface area (Å²) in [6.45, 7) is 3.35. The third-order valence-electron chi connectivity index (χ3n) is 4.85. The summed E-state index contributed by atoms with van der Waals surface area (Å²) in [7, 11) is 0. The third kappa shape index (κ3) is 5.14. The molecule has 0 saturated carbocycles. The van der Waals surface area contributed by atoms with Gasteiger partial charge in [-0.15, -0.1) is 0 Å². The van der Waals surface area contributed by atoms with Crippen molar-refractivity contribution in [3.8, 4) is 0 Å². The molecule has 0 radical (unpaired) electrons. The van der Waals surface area contributed by atoms with Gasteiger partial charge < -0.3 is 10.6 Å². The lowest BCUT2D eigenvalue weighted by molar-refractivity contribution is -0.122. The molecule has 0 unspecified atom stereocenters. The van der Waals surface area contributed by atoms with Crippen LogP contribution in [0.1, 0.15) is 18.9 Å². The average molecular weight is 412 g/mol. The van der Waals surface area contributed by atoms with E-state index >= 15 is 0 Å². The molecule has 0 atom stereocenters. The van der Waals surface area contributed by atoms with E-state index in [1.807, 2.05) is 31.2 Å². The normalized spacial score (nSPS) is 10.9. The van der Waals surface area contributed by atoms with Gasteiger partial charge in [-0.05, 0) is 36.8 Å². The molecule has 2 N–H and O–H groups in total. The number of halogens is 1. The van der Waals surface area contributed by atoms with Crippen LogP contribution in [0, 0.1) is 5.82 Å². The first-order chi connectivity index (χ1) is 14.5. The van der Waals surface area contributed by atoms with E-state index in [4.69, 9.17) is 0 Å². The number of nitrogens with one attached hydrogen (secondary N) is 2. The monoisotopic (exact) mass is 412 g/mol. The van der Waals surface area contributed by atoms with Gasteiger partial charge in [-0.1, -0.05) is 24.3 Å². The lowest BCUT2D eigenvalue weighted by atomic mass is 10.1. The van der Waals surface area contributed by atoms with Gasteiger partial charge in [-0.25, -0.2) is 9.18 Å². The predicted molar refractivity (Wildman–Crippen MR) is 113 cm³/mol. The number of amides is 2. The van der Waals surface area contributed by atoms with Gasteiger partial charge in [-0.2, -0.15) is 0 Å². The van der Waals surface area contributed by atoms with Gasteiger partial charge in [0.2, 0.25) is 11.8 Å². The van der Waals surface area contributed by atoms with E-state index in [0.29, 0.717) is 19.6 Å². The molecule has 0 aliphatic heterocycles. The highest BCUT2D eigenvalue weighted by Gasteiger charge is 2.12. The van der Waals surface area contributed by atoms with Crippen molar-refractivity contribution >= 4 is 22.8 Å². The van der Waals surface area contributed by atoms with Crippen molar-refractivity contribution in [1.29, 1.82) is 0 Å². The van der Waals surface area contributed by atoms with Crippen LogP contribution >= 0.6 is 0 Å². The summed E-state index contributed by atoms with van der Waals surface area (Å²) >= 11 is 0. The van der Waals surface area contributed by atoms with Crippen molar-refractivity contribution in [3.63, 3.8) is 0 Å². The molecule has 0 aliphatic carbocycles. The maximum atomic E-state index is 12.9. The van der Waals surface area contributed by atoms with Crippen LogP contribution in [-0.2, 0) is 29.1 Å². The summed E-state index contributed by atoms with van der Waals surface area (Å²) < 4.78 is 16.2. The Kier molecular flexibility index (Phi) is 7.00. The van der Waals surface area contributed by atoms with Crippen molar-refractivity contribution in [2.45, 2.75) is 32.9 Å². The zero-order chi connectivity index (χ0) is 21.5. The molecule has 7 nitrogen and oxygen atoms in total. The summed E-state index contributed by atoms with van der Waals surface area (Å²) in [4.78, 5) is 36.6. The SMILES string of the molecule is CCn1c(=O)n(CCC(=O)NCCNC(=O)Cc2ccc(F)cc2)c2ccccc21. The van der Waals surface area contributed by atoms with E-state index in [0.717, 1.165) is 16.6 Å². The van der Waals surface area contributed by atoms with Crippen LogP contribution in [0.25, 0.3) is 11.0 Å². The first kappa shape index (κ1) is 21.3. The van der Waals surface area contributed by atoms with E-state index in [1.54, 1.807) is 21.3 Å². The second-order valence-electron chi connectivity index (χ2n) is 6.92. The summed E-state index contributed by atoms with van der Waals surface area (Å²) in [5.41, 5.74) is 2.26. The number of rotatable bonds is 9. The van der Waals surface area contributed by atoms with Crippen molar-refractivity contribution in [2.75, 3.05) is 13.1 Å². The van der Waals surface area contributed by atoms with Gasteiger partial charge in [0.05, 0.1) is 17.5 Å². The minimum Gasteiger partial charge on any atom is -0.354 e. The second kappa shape index (κ2) is 9.87. The number of carbonyl (C=O) groups is 2. The fourth-order valence-electron chi connectivity index (χ4n) is 3.35. The van der Waals surface area contributed by atoms with Gasteiger partial charge in [0, 0.05) is 32.6 Å². The number of aromatic nitrogens is 2. The van der Waals surface area contributed by atoms with Crippen LogP contribution in [-0.4, -0.2) is 34.0 Å². The Morgan fingerprint density at radius 3 is 2.13 bits per heavy atom. The Balaban J connectivity index is 1.43. The minimum atomic E-state index is -0.344. The van der Waals surface area contributed by atoms with E-state index in [1.165, 1.54) is 12.1 Å². The number of para-hydroxylation sites is 2. The molecule has 30 heavy (non-hydrogen) atoms. The minimum absolute atomic E-state index is 0.125. The summed E-state index contributed by atoms with van der Waals surface area (Å²) in [6, 6.07) is 13.3. The molecule has 1 heterocycles. The van der Waals surface area contributed by atoms with Gasteiger partial charge in [0.1, 0.15) is 5.82 Å². The third-order valence-corrected chi connectivity index (χ3v) is 4.85. The number of fused-ring (bicyclic) bond motifs is 1. The van der Waals surface area contributed by atoms with Crippen molar-refractivity contribution < 1.29 is 14.0 Å². The van der Waals surface area contributed by atoms with Crippen LogP contribution in [0.4, 0.5) is 4.39 Å². The maximum Gasteiger partial charge on any atom is 0.329 e. The zero-order valence-corrected chi connectivity index (χ0v) is 16.9. The van der Waals surface area contributed by atoms with Crippen LogP contribution in [0.2, 0.25) is 0 Å². The molecule has 8 heteroatoms. The van der Waals surface area contributed by atoms with E-state index in [9.17, 15) is 18.8 Å². The van der Waals surface area contributed by atoms with Gasteiger partial charge >= 0.3 is 5.69 Å². The molecule has 0 spiro atoms. The molecule has 1 aromatic heterocycles. The lowest BCUT2D eigenvalue weighted by Crippen LogP contribution is -2.36. The number of nitrogens with zero attached hydrogens (tertiary/aromatic N) is 2. The summed E-state index contributed by atoms with van der Waals surface area (Å²) in [5, 5.41) is 5.46. The molecule has 2 aromatic carbocycles. The number of aryl methyl sites for hydroxylation is 2. The van der Waals surface area contributed by atoms with Crippen LogP contribution in [0.15, 0.2) is 53.3 Å². The van der Waals surface area contributed by atoms with Gasteiger partial charge in [0.25, 0.3) is 0 Å². The first-order valence-corrected chi connectivity index (χ1v) is 9.95. The molecular weight excluding hydrogens is 387 g/mol. The van der Waals surface area contributed by atoms with Crippen LogP contribution in [0.5, 0.6) is 0 Å². The quantitative estimate of drug-likeness (QED) is 0.526.